The molecule has 64 heavy (non-hydrogen) atoms. The standard InChI is InChI=1S/C45H48F3N7O7S2/c1-4-27-21-44(27,42(58)54-64(59,60)30-18-19-30)53-39(56)33-20-29(22-55(33)41(57)35(25-10-6-5-7-11-25)51-43-49-32(23-63-43)24(2)3)61-40-37-36(31-12-8-9-13-34(31)62-37)50-38(52-40)26-14-16-28(17-15-26)45(46,47)48/h4,8-9,12-17,23-25,27,29-30,33,35H,1,5-7,10-11,18-22H2,2-3H3,(H,49,51)(H,53,56)(H,54,58)/t27-,29-,33+,35+,44-/m1/s1. The SMILES string of the molecule is C=C[C@@H]1C[C@]1(NC(=O)[C@@H]1C[C@@H](Oc2nc(-c3ccc(C(F)(F)F)cc3)nc3c2oc2ccccc23)CN1C(=O)[C@@H](Nc1nc(C(C)C)cs1)C1CCCCC1)C(=O)NS(=O)(=O)C1CC1. The third-order valence-corrected chi connectivity index (χ3v) is 15.4. The first-order chi connectivity index (χ1) is 30.5. The lowest BCUT2D eigenvalue weighted by Crippen LogP contribution is -2.58. The second-order valence-corrected chi connectivity index (χ2v) is 20.4. The third kappa shape index (κ3) is 8.55. The van der Waals surface area contributed by atoms with Crippen molar-refractivity contribution in [3.8, 4) is 17.3 Å². The zero-order valence-corrected chi connectivity index (χ0v) is 36.8. The van der Waals surface area contributed by atoms with E-state index in [1.165, 1.54) is 34.4 Å². The molecule has 4 aliphatic rings. The molecule has 3 aromatic heterocycles. The highest BCUT2D eigenvalue weighted by molar-refractivity contribution is 7.91. The van der Waals surface area contributed by atoms with Crippen LogP contribution < -0.4 is 20.1 Å². The number of benzene rings is 2. The minimum absolute atomic E-state index is 0.0458. The Morgan fingerprint density at radius 3 is 2.41 bits per heavy atom. The van der Waals surface area contributed by atoms with Gasteiger partial charge in [0.1, 0.15) is 34.8 Å². The first kappa shape index (κ1) is 43.7. The lowest BCUT2D eigenvalue weighted by molar-refractivity contribution is -0.141. The van der Waals surface area contributed by atoms with Crippen LogP contribution >= 0.6 is 11.3 Å². The lowest BCUT2D eigenvalue weighted by atomic mass is 9.83. The maximum Gasteiger partial charge on any atom is 0.416 e. The van der Waals surface area contributed by atoms with Crippen LogP contribution in [-0.2, 0) is 30.6 Å². The van der Waals surface area contributed by atoms with E-state index in [0.717, 1.165) is 49.9 Å². The van der Waals surface area contributed by atoms with E-state index in [9.17, 15) is 31.2 Å². The van der Waals surface area contributed by atoms with Gasteiger partial charge >= 0.3 is 6.18 Å². The normalized spacial score (nSPS) is 23.3. The van der Waals surface area contributed by atoms with Crippen molar-refractivity contribution < 1.29 is 45.1 Å². The fourth-order valence-corrected chi connectivity index (χ4v) is 11.2. The molecule has 338 valence electrons. The van der Waals surface area contributed by atoms with E-state index in [1.807, 2.05) is 19.2 Å². The summed E-state index contributed by atoms with van der Waals surface area (Å²) in [5, 5.41) is 8.73. The van der Waals surface area contributed by atoms with Crippen molar-refractivity contribution in [2.45, 2.75) is 113 Å². The molecule has 1 aliphatic heterocycles. The Hall–Kier alpha value is -5.56. The van der Waals surface area contributed by atoms with E-state index in [1.54, 1.807) is 24.3 Å². The van der Waals surface area contributed by atoms with E-state index in [0.29, 0.717) is 34.5 Å². The number of nitrogens with zero attached hydrogens (tertiary/aromatic N) is 4. The van der Waals surface area contributed by atoms with Gasteiger partial charge in [0.2, 0.25) is 27.4 Å². The number of para-hydroxylation sites is 1. The van der Waals surface area contributed by atoms with E-state index in [2.05, 4.69) is 26.9 Å². The van der Waals surface area contributed by atoms with Gasteiger partial charge in [0.15, 0.2) is 11.0 Å². The van der Waals surface area contributed by atoms with Gasteiger partial charge in [0.25, 0.3) is 11.8 Å². The Bertz CT molecular complexity index is 2730. The maximum absolute atomic E-state index is 15.2. The number of sulfonamides is 1. The predicted octanol–water partition coefficient (Wildman–Crippen LogP) is 7.72. The molecule has 1 saturated heterocycles. The fraction of sp³-hybridized carbons (Fsp3) is 0.467. The summed E-state index contributed by atoms with van der Waals surface area (Å²) >= 11 is 1.40. The first-order valence-corrected chi connectivity index (χ1v) is 24.0. The topological polar surface area (TPSA) is 186 Å². The van der Waals surface area contributed by atoms with E-state index < -0.39 is 68.5 Å². The minimum atomic E-state index is -4.56. The summed E-state index contributed by atoms with van der Waals surface area (Å²) in [6.07, 6.45) is 1.39. The maximum atomic E-state index is 15.2. The summed E-state index contributed by atoms with van der Waals surface area (Å²) in [6, 6.07) is 9.55. The van der Waals surface area contributed by atoms with Gasteiger partial charge in [-0.15, -0.1) is 17.9 Å². The van der Waals surface area contributed by atoms with Crippen molar-refractivity contribution in [3.05, 3.63) is 77.8 Å². The molecule has 3 amide bonds. The molecule has 5 atom stereocenters. The molecular formula is C45H48F3N7O7S2. The van der Waals surface area contributed by atoms with Crippen LogP contribution in [0.25, 0.3) is 33.5 Å². The molecular weight excluding hydrogens is 872 g/mol. The average Bonchev–Trinajstić information content (AvgIpc) is 4.11. The Morgan fingerprint density at radius 1 is 1.02 bits per heavy atom. The van der Waals surface area contributed by atoms with Crippen LogP contribution in [0.3, 0.4) is 0 Å². The number of hydrogen-bond donors (Lipinski definition) is 3. The number of halogens is 3. The van der Waals surface area contributed by atoms with Crippen LogP contribution in [0, 0.1) is 11.8 Å². The molecule has 0 bridgehead atoms. The highest BCUT2D eigenvalue weighted by atomic mass is 32.2. The first-order valence-electron chi connectivity index (χ1n) is 21.6. The van der Waals surface area contributed by atoms with Gasteiger partial charge in [-0.2, -0.15) is 18.2 Å². The summed E-state index contributed by atoms with van der Waals surface area (Å²) in [5.74, 6) is -2.38. The molecule has 5 aromatic rings. The number of furan rings is 1. The molecule has 2 aromatic carbocycles. The van der Waals surface area contributed by atoms with Crippen molar-refractivity contribution in [3.63, 3.8) is 0 Å². The summed E-state index contributed by atoms with van der Waals surface area (Å²) in [5.41, 5.74) is -0.322. The van der Waals surface area contributed by atoms with Crippen molar-refractivity contribution in [2.24, 2.45) is 11.8 Å². The number of rotatable bonds is 14. The van der Waals surface area contributed by atoms with E-state index in [-0.39, 0.29) is 60.0 Å². The quantitative estimate of drug-likeness (QED) is 0.0927. The Balaban J connectivity index is 1.07. The summed E-state index contributed by atoms with van der Waals surface area (Å²) in [6.45, 7) is 7.78. The molecule has 3 N–H and O–H groups in total. The zero-order valence-electron chi connectivity index (χ0n) is 35.2. The number of anilines is 1. The second kappa shape index (κ2) is 16.8. The monoisotopic (exact) mass is 919 g/mol. The van der Waals surface area contributed by atoms with Crippen molar-refractivity contribution >= 4 is 66.3 Å². The van der Waals surface area contributed by atoms with Crippen LogP contribution in [0.2, 0.25) is 0 Å². The summed E-state index contributed by atoms with van der Waals surface area (Å²) in [4.78, 5) is 59.2. The number of fused-ring (bicyclic) bond motifs is 3. The molecule has 3 aliphatic carbocycles. The molecule has 0 unspecified atom stereocenters. The Labute approximate surface area is 371 Å². The van der Waals surface area contributed by atoms with Crippen molar-refractivity contribution in [1.29, 1.82) is 0 Å². The number of carbonyl (C=O) groups is 3. The van der Waals surface area contributed by atoms with Crippen LogP contribution in [-0.4, -0.2) is 81.5 Å². The molecule has 3 saturated carbocycles. The van der Waals surface area contributed by atoms with Crippen LogP contribution in [0.1, 0.15) is 88.8 Å². The number of likely N-dealkylation sites (tertiary alicyclic amines) is 1. The Kier molecular flexibility index (Phi) is 11.4. The zero-order chi connectivity index (χ0) is 45.1. The number of thiazole rings is 1. The molecule has 9 rings (SSSR count). The number of ether oxygens (including phenoxy) is 1. The largest absolute Gasteiger partial charge is 0.470 e. The Morgan fingerprint density at radius 2 is 1.75 bits per heavy atom. The van der Waals surface area contributed by atoms with Crippen LogP contribution in [0.4, 0.5) is 18.3 Å². The van der Waals surface area contributed by atoms with Crippen LogP contribution in [0.5, 0.6) is 5.88 Å². The number of hydrogen-bond acceptors (Lipinski definition) is 12. The molecule has 19 heteroatoms. The third-order valence-electron chi connectivity index (χ3n) is 12.8. The predicted molar refractivity (Wildman–Crippen MR) is 234 cm³/mol. The van der Waals surface area contributed by atoms with Gasteiger partial charge in [-0.3, -0.25) is 19.1 Å². The molecule has 0 radical (unpaired) electrons. The number of carbonyl (C=O) groups excluding carboxylic acids is 3. The van der Waals surface area contributed by atoms with Gasteiger partial charge in [0.05, 0.1) is 23.1 Å². The molecule has 14 nitrogen and oxygen atoms in total. The highest BCUT2D eigenvalue weighted by Crippen LogP contribution is 2.46. The highest BCUT2D eigenvalue weighted by Gasteiger charge is 2.62. The smallest absolute Gasteiger partial charge is 0.416 e. The number of nitrogens with one attached hydrogen (secondary N) is 3. The molecule has 0 spiro atoms. The van der Waals surface area contributed by atoms with Gasteiger partial charge < -0.3 is 24.7 Å². The van der Waals surface area contributed by atoms with Gasteiger partial charge in [-0.25, -0.2) is 18.4 Å². The summed E-state index contributed by atoms with van der Waals surface area (Å²) in [7, 11) is -3.95. The van der Waals surface area contributed by atoms with Crippen molar-refractivity contribution in [1.82, 2.24) is 29.9 Å². The van der Waals surface area contributed by atoms with Crippen LogP contribution in [0.15, 0.2) is 71.0 Å². The minimum Gasteiger partial charge on any atom is -0.470 e. The number of alkyl halides is 3. The fourth-order valence-electron chi connectivity index (χ4n) is 8.91. The molecule has 4 fully saturated rings. The van der Waals surface area contributed by atoms with Gasteiger partial charge in [-0.05, 0) is 68.2 Å². The number of amides is 3. The van der Waals surface area contributed by atoms with E-state index in [4.69, 9.17) is 19.1 Å². The summed E-state index contributed by atoms with van der Waals surface area (Å²) < 4.78 is 81.4. The molecule has 4 heterocycles. The van der Waals surface area contributed by atoms with Crippen molar-refractivity contribution in [2.75, 3.05) is 11.9 Å². The van der Waals surface area contributed by atoms with Gasteiger partial charge in [0, 0.05) is 28.7 Å². The lowest BCUT2D eigenvalue weighted by Gasteiger charge is -2.34. The average molecular weight is 920 g/mol. The number of aromatic nitrogens is 3. The second-order valence-electron chi connectivity index (χ2n) is 17.6. The van der Waals surface area contributed by atoms with Gasteiger partial charge in [-0.1, -0.05) is 63.5 Å². The van der Waals surface area contributed by atoms with E-state index >= 15 is 4.79 Å².